The van der Waals surface area contributed by atoms with E-state index in [0.717, 1.165) is 30.8 Å². The maximum Gasteiger partial charge on any atom is 0.253 e. The number of hydrogen-bond acceptors (Lipinski definition) is 4. The molecule has 3 atom stereocenters. The average molecular weight is 448 g/mol. The quantitative estimate of drug-likeness (QED) is 0.597. The lowest BCUT2D eigenvalue weighted by molar-refractivity contribution is -0.0250. The van der Waals surface area contributed by atoms with E-state index in [2.05, 4.69) is 34.6 Å². The van der Waals surface area contributed by atoms with Crippen molar-refractivity contribution in [1.82, 2.24) is 14.7 Å². The molecule has 2 saturated heterocycles. The van der Waals surface area contributed by atoms with E-state index in [1.165, 1.54) is 24.8 Å². The van der Waals surface area contributed by atoms with Crippen LogP contribution in [0.25, 0.3) is 0 Å². The number of carbonyl (C=O) groups is 1. The van der Waals surface area contributed by atoms with E-state index in [9.17, 15) is 9.90 Å². The Morgan fingerprint density at radius 1 is 1.09 bits per heavy atom. The first-order valence-electron chi connectivity index (χ1n) is 12.3. The van der Waals surface area contributed by atoms with E-state index in [1.807, 2.05) is 49.1 Å². The minimum atomic E-state index is 0.0517. The largest absolute Gasteiger partial charge is 0.508 e. The van der Waals surface area contributed by atoms with Crippen molar-refractivity contribution in [3.63, 3.8) is 0 Å². The zero-order valence-electron chi connectivity index (χ0n) is 20.0. The van der Waals surface area contributed by atoms with Crippen molar-refractivity contribution in [3.05, 3.63) is 77.9 Å². The van der Waals surface area contributed by atoms with Gasteiger partial charge in [-0.15, -0.1) is 6.58 Å². The second-order valence-electron chi connectivity index (χ2n) is 9.29. The number of likely N-dealkylation sites (tertiary alicyclic amines) is 1. The van der Waals surface area contributed by atoms with Crippen molar-refractivity contribution < 1.29 is 9.90 Å². The molecule has 2 fully saturated rings. The topological polar surface area (TPSA) is 47.0 Å². The monoisotopic (exact) mass is 447 g/mol. The molecule has 0 radical (unpaired) electrons. The van der Waals surface area contributed by atoms with Crippen LogP contribution in [0.3, 0.4) is 0 Å². The second-order valence-corrected chi connectivity index (χ2v) is 9.29. The number of benzene rings is 2. The van der Waals surface area contributed by atoms with Gasteiger partial charge in [0.2, 0.25) is 0 Å². The summed E-state index contributed by atoms with van der Waals surface area (Å²) in [6.45, 7) is 12.4. The number of phenols is 1. The molecule has 3 unspecified atom stereocenters. The minimum absolute atomic E-state index is 0.0517. The van der Waals surface area contributed by atoms with Gasteiger partial charge in [0.25, 0.3) is 5.91 Å². The summed E-state index contributed by atoms with van der Waals surface area (Å²) in [7, 11) is 0. The molecule has 2 aliphatic heterocycles. The first kappa shape index (κ1) is 23.5. The molecule has 2 aliphatic rings. The van der Waals surface area contributed by atoms with E-state index in [0.29, 0.717) is 30.9 Å². The Morgan fingerprint density at radius 2 is 1.76 bits per heavy atom. The molecule has 0 saturated carbocycles. The van der Waals surface area contributed by atoms with Crippen LogP contribution < -0.4 is 0 Å². The van der Waals surface area contributed by atoms with Crippen LogP contribution in [0, 0.1) is 0 Å². The third kappa shape index (κ3) is 4.99. The van der Waals surface area contributed by atoms with Crippen LogP contribution >= 0.6 is 0 Å². The fourth-order valence-electron chi connectivity index (χ4n) is 5.71. The van der Waals surface area contributed by atoms with Crippen molar-refractivity contribution in [1.29, 1.82) is 0 Å². The summed E-state index contributed by atoms with van der Waals surface area (Å²) in [5, 5.41) is 10.3. The molecular weight excluding hydrogens is 410 g/mol. The molecule has 1 amide bonds. The molecule has 176 valence electrons. The highest BCUT2D eigenvalue weighted by Crippen LogP contribution is 2.40. The Hall–Kier alpha value is -2.63. The van der Waals surface area contributed by atoms with Crippen LogP contribution in [0.15, 0.2) is 61.2 Å². The highest BCUT2D eigenvalue weighted by Gasteiger charge is 2.41. The van der Waals surface area contributed by atoms with E-state index in [1.54, 1.807) is 6.07 Å². The van der Waals surface area contributed by atoms with Gasteiger partial charge in [0.05, 0.1) is 6.04 Å². The molecule has 5 nitrogen and oxygen atoms in total. The van der Waals surface area contributed by atoms with E-state index in [4.69, 9.17) is 0 Å². The molecule has 4 rings (SSSR count). The molecule has 2 heterocycles. The Kier molecular flexibility index (Phi) is 7.51. The van der Waals surface area contributed by atoms with Gasteiger partial charge >= 0.3 is 0 Å². The summed E-state index contributed by atoms with van der Waals surface area (Å²) in [5.74, 6) is 0.372. The third-order valence-corrected chi connectivity index (χ3v) is 7.25. The van der Waals surface area contributed by atoms with Gasteiger partial charge in [-0.1, -0.05) is 36.8 Å². The van der Waals surface area contributed by atoms with Crippen molar-refractivity contribution in [2.75, 3.05) is 32.7 Å². The van der Waals surface area contributed by atoms with Crippen molar-refractivity contribution in [2.45, 2.75) is 51.2 Å². The van der Waals surface area contributed by atoms with Gasteiger partial charge in [0.1, 0.15) is 5.75 Å². The highest BCUT2D eigenvalue weighted by molar-refractivity contribution is 5.94. The van der Waals surface area contributed by atoms with Crippen LogP contribution in [0.2, 0.25) is 0 Å². The highest BCUT2D eigenvalue weighted by atomic mass is 16.3. The minimum Gasteiger partial charge on any atom is -0.508 e. The van der Waals surface area contributed by atoms with Crippen LogP contribution in [0.1, 0.15) is 60.6 Å². The molecule has 2 aromatic rings. The number of rotatable bonds is 8. The van der Waals surface area contributed by atoms with Gasteiger partial charge < -0.3 is 10.0 Å². The Labute approximate surface area is 198 Å². The Bertz CT molecular complexity index is 940. The number of phenolic OH excluding ortho intramolecular Hbond substituents is 1. The van der Waals surface area contributed by atoms with Gasteiger partial charge in [-0.05, 0) is 62.1 Å². The van der Waals surface area contributed by atoms with Crippen LogP contribution in [-0.2, 0) is 0 Å². The number of piperazine rings is 1. The molecule has 2 aromatic carbocycles. The van der Waals surface area contributed by atoms with Crippen LogP contribution in [-0.4, -0.2) is 70.5 Å². The molecule has 1 N–H and O–H groups in total. The van der Waals surface area contributed by atoms with Gasteiger partial charge in [0, 0.05) is 50.4 Å². The second kappa shape index (κ2) is 10.5. The maximum atomic E-state index is 12.8. The van der Waals surface area contributed by atoms with Crippen molar-refractivity contribution in [3.8, 4) is 5.75 Å². The molecule has 2 bridgehead atoms. The Balaban J connectivity index is 1.70. The number of carbonyl (C=O) groups excluding carboxylic acids is 1. The number of hydrogen-bond donors (Lipinski definition) is 1. The first-order chi connectivity index (χ1) is 16.0. The molecule has 33 heavy (non-hydrogen) atoms. The van der Waals surface area contributed by atoms with Gasteiger partial charge in [-0.25, -0.2) is 0 Å². The maximum absolute atomic E-state index is 12.8. The standard InChI is InChI=1S/C28H37N3O2/c1-4-17-29-19-24-10-8-11-25(20-29)31(24)27(23-9-7-12-26(32)18-23)21-13-15-22(16-14-21)28(33)30(5-2)6-3/h4,7,9,12-16,18,24-25,27,32H,1,5-6,8,10-11,17,19-20H2,2-3H3. The third-order valence-electron chi connectivity index (χ3n) is 7.25. The van der Waals surface area contributed by atoms with Crippen LogP contribution in [0.4, 0.5) is 0 Å². The van der Waals surface area contributed by atoms with Crippen LogP contribution in [0.5, 0.6) is 5.75 Å². The summed E-state index contributed by atoms with van der Waals surface area (Å²) in [5.41, 5.74) is 3.01. The van der Waals surface area contributed by atoms with E-state index in [-0.39, 0.29) is 11.9 Å². The fraction of sp³-hybridized carbons (Fsp3) is 0.464. The number of piperidine rings is 1. The molecular formula is C28H37N3O2. The lowest BCUT2D eigenvalue weighted by atomic mass is 9.85. The smallest absolute Gasteiger partial charge is 0.253 e. The zero-order chi connectivity index (χ0) is 23.4. The zero-order valence-corrected chi connectivity index (χ0v) is 20.0. The number of amides is 1. The Morgan fingerprint density at radius 3 is 2.33 bits per heavy atom. The first-order valence-corrected chi connectivity index (χ1v) is 12.3. The number of fused-ring (bicyclic) bond motifs is 2. The summed E-state index contributed by atoms with van der Waals surface area (Å²) < 4.78 is 0. The lowest BCUT2D eigenvalue weighted by Crippen LogP contribution is -2.61. The fourth-order valence-corrected chi connectivity index (χ4v) is 5.71. The van der Waals surface area contributed by atoms with Crippen molar-refractivity contribution in [2.24, 2.45) is 0 Å². The molecule has 0 aromatic heterocycles. The normalized spacial score (nSPS) is 22.0. The summed E-state index contributed by atoms with van der Waals surface area (Å²) in [6, 6.07) is 16.8. The molecule has 0 spiro atoms. The number of aromatic hydroxyl groups is 1. The van der Waals surface area contributed by atoms with Gasteiger partial charge in [0.15, 0.2) is 0 Å². The molecule has 0 aliphatic carbocycles. The summed E-state index contributed by atoms with van der Waals surface area (Å²) in [6.07, 6.45) is 5.62. The lowest BCUT2D eigenvalue weighted by Gasteiger charge is -2.53. The summed E-state index contributed by atoms with van der Waals surface area (Å²) in [4.78, 5) is 19.9. The number of nitrogens with zero attached hydrogens (tertiary/aromatic N) is 3. The molecule has 5 heteroatoms. The summed E-state index contributed by atoms with van der Waals surface area (Å²) >= 11 is 0. The predicted octanol–water partition coefficient (Wildman–Crippen LogP) is 4.69. The van der Waals surface area contributed by atoms with E-state index < -0.39 is 0 Å². The average Bonchev–Trinajstić information content (AvgIpc) is 2.81. The predicted molar refractivity (Wildman–Crippen MR) is 134 cm³/mol. The van der Waals surface area contributed by atoms with Gasteiger partial charge in [-0.2, -0.15) is 0 Å². The van der Waals surface area contributed by atoms with Crippen molar-refractivity contribution >= 4 is 5.91 Å². The van der Waals surface area contributed by atoms with E-state index >= 15 is 0 Å². The van der Waals surface area contributed by atoms with Gasteiger partial charge in [-0.3, -0.25) is 14.6 Å². The SMILES string of the molecule is C=CCN1CC2CCCC(C1)N2C(c1ccc(C(=O)N(CC)CC)cc1)c1cccc(O)c1.